The molecule has 1 rings (SSSR count). The molecule has 9 heavy (non-hydrogen) atoms. The van der Waals surface area contributed by atoms with Gasteiger partial charge in [-0.15, -0.1) is 0 Å². The molecule has 1 saturated heterocycles. The number of nitrogens with one attached hydrogen (secondary N) is 1. The van der Waals surface area contributed by atoms with Crippen molar-refractivity contribution in [2.45, 2.75) is 25.8 Å². The molecule has 1 aliphatic rings. The second-order valence-electron chi connectivity index (χ2n) is 2.64. The van der Waals surface area contributed by atoms with Gasteiger partial charge < -0.3 is 5.32 Å². The van der Waals surface area contributed by atoms with E-state index in [-0.39, 0.29) is 6.04 Å². The van der Waals surface area contributed by atoms with E-state index in [0.717, 1.165) is 0 Å². The standard InChI is InChI=1S/C6H11F2N/c1-4-2-5(3-9-4)6(7)8/h4-6,9H,2-3H2,1H3/t4-,5+/m1/s1. The maximum Gasteiger partial charge on any atom is 0.242 e. The first kappa shape index (κ1) is 6.93. The van der Waals surface area contributed by atoms with Crippen molar-refractivity contribution in [1.82, 2.24) is 5.32 Å². The van der Waals surface area contributed by atoms with Crippen LogP contribution >= 0.6 is 0 Å². The van der Waals surface area contributed by atoms with Crippen LogP contribution in [-0.2, 0) is 0 Å². The first-order valence-corrected chi connectivity index (χ1v) is 3.21. The summed E-state index contributed by atoms with van der Waals surface area (Å²) >= 11 is 0. The van der Waals surface area contributed by atoms with Crippen molar-refractivity contribution in [1.29, 1.82) is 0 Å². The molecular formula is C6H11F2N. The summed E-state index contributed by atoms with van der Waals surface area (Å²) in [5.74, 6) is -0.403. The molecule has 2 atom stereocenters. The van der Waals surface area contributed by atoms with E-state index in [1.807, 2.05) is 6.92 Å². The normalized spacial score (nSPS) is 36.0. The van der Waals surface area contributed by atoms with Gasteiger partial charge in [-0.2, -0.15) is 0 Å². The predicted molar refractivity (Wildman–Crippen MR) is 31.6 cm³/mol. The summed E-state index contributed by atoms with van der Waals surface area (Å²) in [6.07, 6.45) is -1.51. The van der Waals surface area contributed by atoms with Crippen LogP contribution < -0.4 is 5.32 Å². The van der Waals surface area contributed by atoms with Gasteiger partial charge in [0.1, 0.15) is 0 Å². The summed E-state index contributed by atoms with van der Waals surface area (Å²) in [5, 5.41) is 2.97. The lowest BCUT2D eigenvalue weighted by Crippen LogP contribution is -2.18. The lowest BCUT2D eigenvalue weighted by atomic mass is 10.1. The summed E-state index contributed by atoms with van der Waals surface area (Å²) in [4.78, 5) is 0. The fourth-order valence-electron chi connectivity index (χ4n) is 1.17. The van der Waals surface area contributed by atoms with Gasteiger partial charge in [0.05, 0.1) is 0 Å². The molecule has 0 bridgehead atoms. The smallest absolute Gasteiger partial charge is 0.242 e. The summed E-state index contributed by atoms with van der Waals surface area (Å²) < 4.78 is 23.7. The highest BCUT2D eigenvalue weighted by molar-refractivity contribution is 4.79. The third-order valence-corrected chi connectivity index (χ3v) is 1.74. The molecule has 0 saturated carbocycles. The Bertz CT molecular complexity index is 95.1. The topological polar surface area (TPSA) is 12.0 Å². The Hall–Kier alpha value is -0.180. The zero-order valence-corrected chi connectivity index (χ0v) is 5.40. The summed E-state index contributed by atoms with van der Waals surface area (Å²) in [5.41, 5.74) is 0. The van der Waals surface area contributed by atoms with E-state index in [0.29, 0.717) is 13.0 Å². The Kier molecular flexibility index (Phi) is 2.01. The average Bonchev–Trinajstić information content (AvgIpc) is 2.14. The quantitative estimate of drug-likeness (QED) is 0.570. The van der Waals surface area contributed by atoms with Gasteiger partial charge in [-0.25, -0.2) is 8.78 Å². The largest absolute Gasteiger partial charge is 0.314 e. The Morgan fingerprint density at radius 3 is 2.44 bits per heavy atom. The van der Waals surface area contributed by atoms with E-state index in [4.69, 9.17) is 0 Å². The molecule has 0 unspecified atom stereocenters. The van der Waals surface area contributed by atoms with Crippen LogP contribution in [0.1, 0.15) is 13.3 Å². The van der Waals surface area contributed by atoms with Crippen molar-refractivity contribution in [3.05, 3.63) is 0 Å². The lowest BCUT2D eigenvalue weighted by molar-refractivity contribution is 0.0861. The minimum atomic E-state index is -2.14. The molecule has 3 heteroatoms. The molecule has 0 aliphatic carbocycles. The van der Waals surface area contributed by atoms with Gasteiger partial charge in [-0.3, -0.25) is 0 Å². The van der Waals surface area contributed by atoms with Gasteiger partial charge in [0.15, 0.2) is 0 Å². The zero-order valence-electron chi connectivity index (χ0n) is 5.40. The van der Waals surface area contributed by atoms with E-state index < -0.39 is 12.3 Å². The molecule has 0 aromatic heterocycles. The minimum Gasteiger partial charge on any atom is -0.314 e. The summed E-state index contributed by atoms with van der Waals surface area (Å²) in [6, 6.07) is 0.281. The number of rotatable bonds is 1. The Labute approximate surface area is 53.4 Å². The highest BCUT2D eigenvalue weighted by atomic mass is 19.3. The number of hydrogen-bond donors (Lipinski definition) is 1. The van der Waals surface area contributed by atoms with Crippen LogP contribution in [0.2, 0.25) is 0 Å². The van der Waals surface area contributed by atoms with E-state index >= 15 is 0 Å². The molecule has 1 fully saturated rings. The molecule has 1 N–H and O–H groups in total. The molecule has 1 heterocycles. The van der Waals surface area contributed by atoms with E-state index in [1.54, 1.807) is 0 Å². The summed E-state index contributed by atoms with van der Waals surface area (Å²) in [6.45, 7) is 2.42. The third-order valence-electron chi connectivity index (χ3n) is 1.74. The predicted octanol–water partition coefficient (Wildman–Crippen LogP) is 1.25. The van der Waals surface area contributed by atoms with Gasteiger partial charge in [0.25, 0.3) is 0 Å². The second kappa shape index (κ2) is 2.60. The number of halogens is 2. The molecule has 1 nitrogen and oxygen atoms in total. The molecule has 0 amide bonds. The van der Waals surface area contributed by atoms with Gasteiger partial charge in [0, 0.05) is 18.5 Å². The van der Waals surface area contributed by atoms with Crippen LogP contribution in [0.15, 0.2) is 0 Å². The van der Waals surface area contributed by atoms with Crippen LogP contribution in [0.5, 0.6) is 0 Å². The monoisotopic (exact) mass is 135 g/mol. The Balaban J connectivity index is 2.30. The van der Waals surface area contributed by atoms with Gasteiger partial charge in [0.2, 0.25) is 6.43 Å². The highest BCUT2D eigenvalue weighted by Crippen LogP contribution is 2.20. The molecule has 0 aromatic carbocycles. The zero-order chi connectivity index (χ0) is 6.85. The fraction of sp³-hybridized carbons (Fsp3) is 1.00. The van der Waals surface area contributed by atoms with Crippen molar-refractivity contribution in [2.24, 2.45) is 5.92 Å². The number of alkyl halides is 2. The van der Waals surface area contributed by atoms with Crippen molar-refractivity contribution >= 4 is 0 Å². The molecular weight excluding hydrogens is 124 g/mol. The summed E-state index contributed by atoms with van der Waals surface area (Å²) in [7, 11) is 0. The Morgan fingerprint density at radius 1 is 1.56 bits per heavy atom. The van der Waals surface area contributed by atoms with E-state index in [2.05, 4.69) is 5.32 Å². The van der Waals surface area contributed by atoms with Crippen molar-refractivity contribution in [3.63, 3.8) is 0 Å². The van der Waals surface area contributed by atoms with Gasteiger partial charge in [-0.05, 0) is 13.3 Å². The molecule has 0 radical (unpaired) electrons. The van der Waals surface area contributed by atoms with Crippen molar-refractivity contribution in [3.8, 4) is 0 Å². The van der Waals surface area contributed by atoms with Crippen LogP contribution in [0.25, 0.3) is 0 Å². The molecule has 1 aliphatic heterocycles. The van der Waals surface area contributed by atoms with Crippen LogP contribution in [0.4, 0.5) is 8.78 Å². The average molecular weight is 135 g/mol. The maximum atomic E-state index is 11.9. The fourth-order valence-corrected chi connectivity index (χ4v) is 1.17. The second-order valence-corrected chi connectivity index (χ2v) is 2.64. The third kappa shape index (κ3) is 1.61. The first-order chi connectivity index (χ1) is 4.20. The lowest BCUT2D eigenvalue weighted by Gasteiger charge is -2.04. The molecule has 0 spiro atoms. The highest BCUT2D eigenvalue weighted by Gasteiger charge is 2.27. The minimum absolute atomic E-state index is 0.281. The van der Waals surface area contributed by atoms with Crippen molar-refractivity contribution in [2.75, 3.05) is 6.54 Å². The molecule has 54 valence electrons. The van der Waals surface area contributed by atoms with Crippen molar-refractivity contribution < 1.29 is 8.78 Å². The maximum absolute atomic E-state index is 11.9. The van der Waals surface area contributed by atoms with E-state index in [9.17, 15) is 8.78 Å². The number of hydrogen-bond acceptors (Lipinski definition) is 1. The van der Waals surface area contributed by atoms with Crippen LogP contribution in [0, 0.1) is 5.92 Å². The van der Waals surface area contributed by atoms with Gasteiger partial charge in [-0.1, -0.05) is 0 Å². The first-order valence-electron chi connectivity index (χ1n) is 3.21. The van der Waals surface area contributed by atoms with Gasteiger partial charge >= 0.3 is 0 Å². The molecule has 0 aromatic rings. The SMILES string of the molecule is C[C@@H]1C[C@H](C(F)F)CN1. The Morgan fingerprint density at radius 2 is 2.22 bits per heavy atom. The van der Waals surface area contributed by atoms with E-state index in [1.165, 1.54) is 0 Å². The van der Waals surface area contributed by atoms with Crippen LogP contribution in [-0.4, -0.2) is 19.0 Å². The van der Waals surface area contributed by atoms with Crippen LogP contribution in [0.3, 0.4) is 0 Å².